The summed E-state index contributed by atoms with van der Waals surface area (Å²) < 4.78 is 10.5. The lowest BCUT2D eigenvalue weighted by molar-refractivity contribution is 0.380. The van der Waals surface area contributed by atoms with Crippen molar-refractivity contribution in [2.24, 2.45) is 0 Å². The van der Waals surface area contributed by atoms with Crippen LogP contribution in [-0.4, -0.2) is 9.79 Å². The maximum absolute atomic E-state index is 10.5. The van der Waals surface area contributed by atoms with Gasteiger partial charge in [-0.15, -0.1) is 0 Å². The van der Waals surface area contributed by atoms with Crippen molar-refractivity contribution in [3.05, 3.63) is 28.8 Å². The molecule has 13 heavy (non-hydrogen) atoms. The molecule has 0 atom stereocenters. The largest absolute Gasteiger partial charge is 0.427 e. The van der Waals surface area contributed by atoms with Crippen molar-refractivity contribution in [1.82, 2.24) is 0 Å². The first kappa shape index (κ1) is 10.5. The zero-order chi connectivity index (χ0) is 10.1. The van der Waals surface area contributed by atoms with Gasteiger partial charge in [-0.1, -0.05) is 11.6 Å². The molecule has 0 aliphatic rings. The Balaban J connectivity index is 2.92. The van der Waals surface area contributed by atoms with Crippen LogP contribution in [0.1, 0.15) is 5.56 Å². The first-order chi connectivity index (χ1) is 5.88. The summed E-state index contributed by atoms with van der Waals surface area (Å²) in [6, 6.07) is 4.66. The van der Waals surface area contributed by atoms with E-state index >= 15 is 0 Å². The van der Waals surface area contributed by atoms with Crippen LogP contribution in [0, 0.1) is 6.92 Å². The molecule has 0 aromatic heterocycles. The summed E-state index contributed by atoms with van der Waals surface area (Å²) in [5.74, 6) is 0. The highest BCUT2D eigenvalue weighted by molar-refractivity contribution is 7.53. The van der Waals surface area contributed by atoms with Crippen molar-refractivity contribution in [3.8, 4) is 0 Å². The van der Waals surface area contributed by atoms with E-state index in [4.69, 9.17) is 21.4 Å². The van der Waals surface area contributed by atoms with Crippen molar-refractivity contribution in [1.29, 1.82) is 0 Å². The van der Waals surface area contributed by atoms with Gasteiger partial charge in [0.05, 0.1) is 0 Å². The number of hydrogen-bond donors (Lipinski definition) is 3. The van der Waals surface area contributed by atoms with E-state index in [-0.39, 0.29) is 0 Å². The summed E-state index contributed by atoms with van der Waals surface area (Å²) in [5, 5.41) is 2.62. The van der Waals surface area contributed by atoms with Crippen LogP contribution < -0.4 is 5.09 Å². The molecular weight excluding hydrogens is 213 g/mol. The molecule has 1 aromatic rings. The zero-order valence-corrected chi connectivity index (χ0v) is 8.51. The fourth-order valence-electron chi connectivity index (χ4n) is 0.882. The van der Waals surface area contributed by atoms with Gasteiger partial charge in [-0.2, -0.15) is 0 Å². The fraction of sp³-hybridized carbons (Fsp3) is 0.143. The van der Waals surface area contributed by atoms with E-state index < -0.39 is 7.75 Å². The third-order valence-electron chi connectivity index (χ3n) is 1.43. The molecule has 4 nitrogen and oxygen atoms in total. The van der Waals surface area contributed by atoms with Gasteiger partial charge in [-0.25, -0.2) is 4.57 Å². The second-order valence-electron chi connectivity index (χ2n) is 2.62. The molecule has 6 heteroatoms. The van der Waals surface area contributed by atoms with Gasteiger partial charge in [-0.3, -0.25) is 5.09 Å². The second-order valence-corrected chi connectivity index (χ2v) is 4.34. The van der Waals surface area contributed by atoms with E-state index in [9.17, 15) is 4.57 Å². The number of nitrogens with one attached hydrogen (secondary N) is 1. The normalized spacial score (nSPS) is 11.4. The summed E-state index contributed by atoms with van der Waals surface area (Å²) in [4.78, 5) is 17.2. The van der Waals surface area contributed by atoms with Gasteiger partial charge in [0.1, 0.15) is 0 Å². The molecule has 1 rings (SSSR count). The Morgan fingerprint density at radius 2 is 2.08 bits per heavy atom. The molecule has 0 fully saturated rings. The van der Waals surface area contributed by atoms with Gasteiger partial charge in [0.2, 0.25) is 0 Å². The van der Waals surface area contributed by atoms with E-state index in [0.717, 1.165) is 5.56 Å². The number of anilines is 1. The molecule has 0 bridgehead atoms. The van der Waals surface area contributed by atoms with Crippen molar-refractivity contribution in [2.75, 3.05) is 5.09 Å². The lowest BCUT2D eigenvalue weighted by Gasteiger charge is -2.08. The number of benzene rings is 1. The average molecular weight is 222 g/mol. The predicted octanol–water partition coefficient (Wildman–Crippen LogP) is 2.15. The minimum atomic E-state index is -4.22. The van der Waals surface area contributed by atoms with E-state index in [1.165, 1.54) is 6.07 Å². The molecule has 0 unspecified atom stereocenters. The molecule has 3 N–H and O–H groups in total. The SMILES string of the molecule is Cc1cc(NP(=O)(O)O)ccc1Cl. The molecular formula is C7H9ClNO3P. The summed E-state index contributed by atoms with van der Waals surface area (Å²) in [5.41, 5.74) is 1.12. The van der Waals surface area contributed by atoms with Crippen molar-refractivity contribution >= 4 is 25.0 Å². The summed E-state index contributed by atoms with van der Waals surface area (Å²) >= 11 is 5.73. The molecule has 1 aromatic carbocycles. The van der Waals surface area contributed by atoms with E-state index in [1.54, 1.807) is 19.1 Å². The van der Waals surface area contributed by atoms with Crippen molar-refractivity contribution in [2.45, 2.75) is 6.92 Å². The average Bonchev–Trinajstić information content (AvgIpc) is 1.94. The number of rotatable bonds is 2. The van der Waals surface area contributed by atoms with Gasteiger partial charge in [0.25, 0.3) is 0 Å². The van der Waals surface area contributed by atoms with E-state index in [1.807, 2.05) is 0 Å². The molecule has 72 valence electrons. The summed E-state index contributed by atoms with van der Waals surface area (Å²) in [7, 11) is -4.22. The minimum absolute atomic E-state index is 0.357. The molecule has 0 saturated carbocycles. The quantitative estimate of drug-likeness (QED) is 0.670. The van der Waals surface area contributed by atoms with Crippen LogP contribution >= 0.6 is 19.3 Å². The Morgan fingerprint density at radius 1 is 1.46 bits per heavy atom. The van der Waals surface area contributed by atoms with Crippen molar-refractivity contribution < 1.29 is 14.4 Å². The van der Waals surface area contributed by atoms with Gasteiger partial charge in [0, 0.05) is 10.7 Å². The molecule has 0 aliphatic heterocycles. The van der Waals surface area contributed by atoms with E-state index in [0.29, 0.717) is 10.7 Å². The standard InChI is InChI=1S/C7H9ClNO3P/c1-5-4-6(2-3-7(5)8)9-13(10,11)12/h2-4H,1H3,(H3,9,10,11,12). The minimum Gasteiger partial charge on any atom is -0.308 e. The molecule has 0 spiro atoms. The lowest BCUT2D eigenvalue weighted by Crippen LogP contribution is -1.94. The number of aryl methyl sites for hydroxylation is 1. The highest BCUT2D eigenvalue weighted by atomic mass is 35.5. The van der Waals surface area contributed by atoms with Gasteiger partial charge in [0.15, 0.2) is 0 Å². The Labute approximate surface area is 80.8 Å². The summed E-state index contributed by atoms with van der Waals surface area (Å²) in [6.45, 7) is 1.76. The Hall–Kier alpha value is -0.540. The zero-order valence-electron chi connectivity index (χ0n) is 6.86. The Bertz CT molecular complexity index is 363. The van der Waals surface area contributed by atoms with Gasteiger partial charge in [-0.05, 0) is 30.7 Å². The molecule has 0 amide bonds. The van der Waals surface area contributed by atoms with E-state index in [2.05, 4.69) is 5.09 Å². The lowest BCUT2D eigenvalue weighted by atomic mass is 10.2. The first-order valence-corrected chi connectivity index (χ1v) is 5.47. The third-order valence-corrected chi connectivity index (χ3v) is 2.41. The molecule has 0 aliphatic carbocycles. The second kappa shape index (κ2) is 3.68. The Morgan fingerprint density at radius 3 is 2.54 bits per heavy atom. The van der Waals surface area contributed by atoms with Gasteiger partial charge < -0.3 is 9.79 Å². The highest BCUT2D eigenvalue weighted by Gasteiger charge is 2.12. The first-order valence-electron chi connectivity index (χ1n) is 3.48. The fourth-order valence-corrected chi connectivity index (χ4v) is 1.48. The van der Waals surface area contributed by atoms with Crippen LogP contribution in [0.3, 0.4) is 0 Å². The molecule has 0 radical (unpaired) electrons. The molecule has 0 saturated heterocycles. The van der Waals surface area contributed by atoms with Crippen LogP contribution in [0.2, 0.25) is 5.02 Å². The monoisotopic (exact) mass is 221 g/mol. The maximum Gasteiger partial charge on any atom is 0.427 e. The van der Waals surface area contributed by atoms with Crippen LogP contribution in [0.5, 0.6) is 0 Å². The van der Waals surface area contributed by atoms with Crippen LogP contribution in [0.15, 0.2) is 18.2 Å². The third kappa shape index (κ3) is 3.36. The van der Waals surface area contributed by atoms with Crippen LogP contribution in [-0.2, 0) is 4.57 Å². The Kier molecular flexibility index (Phi) is 2.98. The van der Waals surface area contributed by atoms with Crippen molar-refractivity contribution in [3.63, 3.8) is 0 Å². The maximum atomic E-state index is 10.5. The molecule has 0 heterocycles. The number of hydrogen-bond acceptors (Lipinski definition) is 1. The highest BCUT2D eigenvalue weighted by Crippen LogP contribution is 2.35. The van der Waals surface area contributed by atoms with Crippen LogP contribution in [0.4, 0.5) is 5.69 Å². The number of halogens is 1. The van der Waals surface area contributed by atoms with Gasteiger partial charge >= 0.3 is 7.75 Å². The predicted molar refractivity (Wildman–Crippen MR) is 51.9 cm³/mol. The smallest absolute Gasteiger partial charge is 0.308 e. The summed E-state index contributed by atoms with van der Waals surface area (Å²) in [6.07, 6.45) is 0. The topological polar surface area (TPSA) is 69.6 Å². The van der Waals surface area contributed by atoms with Crippen LogP contribution in [0.25, 0.3) is 0 Å².